The van der Waals surface area contributed by atoms with Gasteiger partial charge in [-0.25, -0.2) is 0 Å². The van der Waals surface area contributed by atoms with Crippen LogP contribution in [-0.2, 0) is 0 Å². The fraction of sp³-hybridized carbons (Fsp3) is 0.684. The molecule has 2 unspecified atom stereocenters. The smallest absolute Gasteiger partial charge is 0.00510 e. The zero-order valence-electron chi connectivity index (χ0n) is 14.2. The summed E-state index contributed by atoms with van der Waals surface area (Å²) in [7, 11) is 0. The Kier molecular flexibility index (Phi) is 5.83. The molecule has 2 atom stereocenters. The molecule has 0 amide bonds. The van der Waals surface area contributed by atoms with E-state index in [1.165, 1.54) is 38.0 Å². The van der Waals surface area contributed by atoms with Gasteiger partial charge in [0.15, 0.2) is 0 Å². The zero-order chi connectivity index (χ0) is 15.3. The van der Waals surface area contributed by atoms with Gasteiger partial charge in [0, 0.05) is 25.7 Å². The second-order valence-electron chi connectivity index (χ2n) is 7.33. The molecule has 1 aromatic rings. The van der Waals surface area contributed by atoms with E-state index in [0.717, 1.165) is 12.5 Å². The predicted molar refractivity (Wildman–Crippen MR) is 91.8 cm³/mol. The van der Waals surface area contributed by atoms with Gasteiger partial charge in [-0.15, -0.1) is 0 Å². The van der Waals surface area contributed by atoms with Crippen molar-refractivity contribution < 1.29 is 0 Å². The lowest BCUT2D eigenvalue weighted by Crippen LogP contribution is -2.43. The van der Waals surface area contributed by atoms with Gasteiger partial charge in [0.05, 0.1) is 0 Å². The maximum absolute atomic E-state index is 3.63. The van der Waals surface area contributed by atoms with Gasteiger partial charge in [0.1, 0.15) is 0 Å². The van der Waals surface area contributed by atoms with Gasteiger partial charge in [-0.2, -0.15) is 0 Å². The van der Waals surface area contributed by atoms with Crippen molar-refractivity contribution in [3.05, 3.63) is 35.9 Å². The van der Waals surface area contributed by atoms with Gasteiger partial charge < -0.3 is 10.2 Å². The highest BCUT2D eigenvalue weighted by Crippen LogP contribution is 2.30. The summed E-state index contributed by atoms with van der Waals surface area (Å²) in [5.41, 5.74) is 1.90. The van der Waals surface area contributed by atoms with Crippen molar-refractivity contribution in [3.8, 4) is 0 Å². The van der Waals surface area contributed by atoms with E-state index < -0.39 is 0 Å². The molecule has 1 aromatic carbocycles. The summed E-state index contributed by atoms with van der Waals surface area (Å²) in [4.78, 5) is 2.67. The third-order valence-corrected chi connectivity index (χ3v) is 4.94. The molecule has 1 saturated heterocycles. The maximum atomic E-state index is 3.63. The quantitative estimate of drug-likeness (QED) is 0.819. The van der Waals surface area contributed by atoms with E-state index in [9.17, 15) is 0 Å². The summed E-state index contributed by atoms with van der Waals surface area (Å²) < 4.78 is 0. The molecule has 2 heteroatoms. The Hall–Kier alpha value is -0.860. The van der Waals surface area contributed by atoms with Crippen LogP contribution < -0.4 is 5.32 Å². The summed E-state index contributed by atoms with van der Waals surface area (Å²) in [6.45, 7) is 14.0. The van der Waals surface area contributed by atoms with Gasteiger partial charge in [-0.1, -0.05) is 58.0 Å². The highest BCUT2D eigenvalue weighted by atomic mass is 15.2. The fourth-order valence-electron chi connectivity index (χ4n) is 3.26. The van der Waals surface area contributed by atoms with Gasteiger partial charge in [0.25, 0.3) is 0 Å². The lowest BCUT2D eigenvalue weighted by atomic mass is 9.86. The molecule has 0 aromatic heterocycles. The standard InChI is InChI=1S/C19H32N2/c1-5-19(4,14-20-16(2)3)15-21-12-11-18(13-21)17-9-7-6-8-10-17/h6-10,16,18,20H,5,11-15H2,1-4H3. The highest BCUT2D eigenvalue weighted by Gasteiger charge is 2.30. The summed E-state index contributed by atoms with van der Waals surface area (Å²) in [6.07, 6.45) is 2.54. The first-order valence-electron chi connectivity index (χ1n) is 8.53. The lowest BCUT2D eigenvalue weighted by Gasteiger charge is -2.34. The van der Waals surface area contributed by atoms with Crippen molar-refractivity contribution in [1.82, 2.24) is 10.2 Å². The molecule has 1 aliphatic rings. The number of rotatable bonds is 7. The van der Waals surface area contributed by atoms with Crippen LogP contribution in [0.25, 0.3) is 0 Å². The first-order chi connectivity index (χ1) is 10.0. The van der Waals surface area contributed by atoms with E-state index in [4.69, 9.17) is 0 Å². The number of likely N-dealkylation sites (tertiary alicyclic amines) is 1. The summed E-state index contributed by atoms with van der Waals surface area (Å²) >= 11 is 0. The largest absolute Gasteiger partial charge is 0.314 e. The van der Waals surface area contributed by atoms with E-state index in [1.807, 2.05) is 0 Å². The molecule has 1 heterocycles. The van der Waals surface area contributed by atoms with Crippen molar-refractivity contribution in [3.63, 3.8) is 0 Å². The molecule has 2 rings (SSSR count). The van der Waals surface area contributed by atoms with Crippen molar-refractivity contribution >= 4 is 0 Å². The van der Waals surface area contributed by atoms with Crippen molar-refractivity contribution in [2.75, 3.05) is 26.2 Å². The average molecular weight is 288 g/mol. The molecule has 0 radical (unpaired) electrons. The summed E-state index contributed by atoms with van der Waals surface area (Å²) in [6, 6.07) is 11.6. The molecule has 1 fully saturated rings. The topological polar surface area (TPSA) is 15.3 Å². The van der Waals surface area contributed by atoms with Crippen molar-refractivity contribution in [1.29, 1.82) is 0 Å². The van der Waals surface area contributed by atoms with Crippen LogP contribution in [0.5, 0.6) is 0 Å². The number of nitrogens with one attached hydrogen (secondary N) is 1. The van der Waals surface area contributed by atoms with Crippen LogP contribution in [-0.4, -0.2) is 37.1 Å². The van der Waals surface area contributed by atoms with E-state index >= 15 is 0 Å². The Morgan fingerprint density at radius 2 is 2.00 bits per heavy atom. The Morgan fingerprint density at radius 3 is 2.62 bits per heavy atom. The predicted octanol–water partition coefficient (Wildman–Crippen LogP) is 3.89. The Labute approximate surface area is 130 Å². The van der Waals surface area contributed by atoms with E-state index in [1.54, 1.807) is 0 Å². The van der Waals surface area contributed by atoms with Gasteiger partial charge in [-0.05, 0) is 36.3 Å². The van der Waals surface area contributed by atoms with E-state index in [-0.39, 0.29) is 0 Å². The molecular formula is C19H32N2. The minimum Gasteiger partial charge on any atom is -0.314 e. The Bertz CT molecular complexity index is 415. The van der Waals surface area contributed by atoms with Gasteiger partial charge in [0.2, 0.25) is 0 Å². The molecular weight excluding hydrogens is 256 g/mol. The fourth-order valence-corrected chi connectivity index (χ4v) is 3.26. The SMILES string of the molecule is CCC(C)(CNC(C)C)CN1CCC(c2ccccc2)C1. The van der Waals surface area contributed by atoms with E-state index in [0.29, 0.717) is 11.5 Å². The van der Waals surface area contributed by atoms with Crippen LogP contribution >= 0.6 is 0 Å². The highest BCUT2D eigenvalue weighted by molar-refractivity contribution is 5.21. The Balaban J connectivity index is 1.88. The van der Waals surface area contributed by atoms with Crippen LogP contribution in [0, 0.1) is 5.41 Å². The van der Waals surface area contributed by atoms with Gasteiger partial charge in [-0.3, -0.25) is 0 Å². The monoisotopic (exact) mass is 288 g/mol. The molecule has 21 heavy (non-hydrogen) atoms. The van der Waals surface area contributed by atoms with E-state index in [2.05, 4.69) is 68.2 Å². The molecule has 0 saturated carbocycles. The molecule has 118 valence electrons. The number of hydrogen-bond acceptors (Lipinski definition) is 2. The molecule has 0 bridgehead atoms. The second kappa shape index (κ2) is 7.42. The van der Waals surface area contributed by atoms with Crippen molar-refractivity contribution in [2.45, 2.75) is 52.5 Å². The Morgan fingerprint density at radius 1 is 1.29 bits per heavy atom. The number of hydrogen-bond donors (Lipinski definition) is 1. The number of nitrogens with zero attached hydrogens (tertiary/aromatic N) is 1. The molecule has 0 spiro atoms. The summed E-state index contributed by atoms with van der Waals surface area (Å²) in [5, 5.41) is 3.63. The first-order valence-corrected chi connectivity index (χ1v) is 8.53. The second-order valence-corrected chi connectivity index (χ2v) is 7.33. The third-order valence-electron chi connectivity index (χ3n) is 4.94. The van der Waals surface area contributed by atoms with Gasteiger partial charge >= 0.3 is 0 Å². The van der Waals surface area contributed by atoms with Crippen LogP contribution in [0.4, 0.5) is 0 Å². The number of benzene rings is 1. The van der Waals surface area contributed by atoms with Crippen LogP contribution in [0.2, 0.25) is 0 Å². The van der Waals surface area contributed by atoms with Crippen LogP contribution in [0.15, 0.2) is 30.3 Å². The lowest BCUT2D eigenvalue weighted by molar-refractivity contribution is 0.175. The minimum atomic E-state index is 0.385. The molecule has 0 aliphatic carbocycles. The molecule has 1 aliphatic heterocycles. The third kappa shape index (κ3) is 4.82. The normalized spacial score (nSPS) is 22.6. The van der Waals surface area contributed by atoms with Crippen LogP contribution in [0.3, 0.4) is 0 Å². The molecule has 2 nitrogen and oxygen atoms in total. The molecule has 1 N–H and O–H groups in total. The average Bonchev–Trinajstić information content (AvgIpc) is 2.94. The van der Waals surface area contributed by atoms with Crippen molar-refractivity contribution in [2.24, 2.45) is 5.41 Å². The van der Waals surface area contributed by atoms with Crippen LogP contribution in [0.1, 0.15) is 52.0 Å². The minimum absolute atomic E-state index is 0.385. The zero-order valence-corrected chi connectivity index (χ0v) is 14.2. The first kappa shape index (κ1) is 16.5. The summed E-state index contributed by atoms with van der Waals surface area (Å²) in [5.74, 6) is 0.727. The maximum Gasteiger partial charge on any atom is 0.00510 e.